The second-order valence-corrected chi connectivity index (χ2v) is 3.22. The van der Waals surface area contributed by atoms with Gasteiger partial charge in [-0.2, -0.15) is 0 Å². The molecule has 0 saturated carbocycles. The lowest BCUT2D eigenvalue weighted by atomic mass is 9.98. The summed E-state index contributed by atoms with van der Waals surface area (Å²) in [5, 5.41) is 9.03. The summed E-state index contributed by atoms with van der Waals surface area (Å²) >= 11 is 0. The third kappa shape index (κ3) is 5.30. The topological polar surface area (TPSA) is 37.3 Å². The molecule has 0 bridgehead atoms. The van der Waals surface area contributed by atoms with Crippen molar-refractivity contribution in [2.75, 3.05) is 0 Å². The largest absolute Gasteiger partial charge is 0.392 e. The second-order valence-electron chi connectivity index (χ2n) is 3.22. The third-order valence-corrected chi connectivity index (χ3v) is 2.06. The van der Waals surface area contributed by atoms with Crippen molar-refractivity contribution in [1.29, 1.82) is 0 Å². The highest BCUT2D eigenvalue weighted by molar-refractivity contribution is 5.54. The summed E-state index contributed by atoms with van der Waals surface area (Å²) in [5.74, 6) is -0.262. The van der Waals surface area contributed by atoms with Gasteiger partial charge in [-0.3, -0.25) is 0 Å². The van der Waals surface area contributed by atoms with Crippen LogP contribution in [-0.4, -0.2) is 17.5 Å². The molecule has 0 aromatic carbocycles. The quantitative estimate of drug-likeness (QED) is 0.469. The predicted molar refractivity (Wildman–Crippen MR) is 49.7 cm³/mol. The number of rotatable bonds is 7. The lowest BCUT2D eigenvalue weighted by Gasteiger charge is -2.11. The van der Waals surface area contributed by atoms with Gasteiger partial charge < -0.3 is 9.90 Å². The summed E-state index contributed by atoms with van der Waals surface area (Å²) in [5.41, 5.74) is 0. The van der Waals surface area contributed by atoms with Crippen LogP contribution >= 0.6 is 0 Å². The van der Waals surface area contributed by atoms with Crippen LogP contribution in [0.1, 0.15) is 39.0 Å². The van der Waals surface area contributed by atoms with Gasteiger partial charge in [-0.25, -0.2) is 0 Å². The van der Waals surface area contributed by atoms with Gasteiger partial charge in [0.25, 0.3) is 0 Å². The summed E-state index contributed by atoms with van der Waals surface area (Å²) in [7, 11) is 0. The van der Waals surface area contributed by atoms with Gasteiger partial charge in [-0.05, 0) is 13.3 Å². The fourth-order valence-corrected chi connectivity index (χ4v) is 1.16. The van der Waals surface area contributed by atoms with E-state index in [0.717, 1.165) is 25.5 Å². The maximum Gasteiger partial charge on any atom is 0.125 e. The van der Waals surface area contributed by atoms with Crippen molar-refractivity contribution >= 4 is 6.29 Å². The monoisotopic (exact) mass is 171 g/mol. The highest BCUT2D eigenvalue weighted by Crippen LogP contribution is 2.12. The first-order valence-electron chi connectivity index (χ1n) is 4.68. The molecule has 0 rings (SSSR count). The van der Waals surface area contributed by atoms with Gasteiger partial charge in [-0.1, -0.05) is 32.6 Å². The second kappa shape index (κ2) is 7.29. The molecule has 0 aromatic heterocycles. The van der Waals surface area contributed by atoms with Crippen molar-refractivity contribution in [2.24, 2.45) is 5.92 Å². The van der Waals surface area contributed by atoms with E-state index in [9.17, 15) is 4.79 Å². The minimum Gasteiger partial charge on any atom is -0.392 e. The summed E-state index contributed by atoms with van der Waals surface area (Å²) in [6.07, 6.45) is 5.41. The van der Waals surface area contributed by atoms with E-state index in [4.69, 9.17) is 5.11 Å². The summed E-state index contributed by atoms with van der Waals surface area (Å²) in [6, 6.07) is 0. The van der Waals surface area contributed by atoms with Crippen molar-refractivity contribution in [3.05, 3.63) is 6.92 Å². The van der Waals surface area contributed by atoms with Crippen LogP contribution in [0.5, 0.6) is 0 Å². The maximum atomic E-state index is 10.4. The first-order chi connectivity index (χ1) is 5.72. The van der Waals surface area contributed by atoms with Crippen LogP contribution < -0.4 is 0 Å². The van der Waals surface area contributed by atoms with E-state index >= 15 is 0 Å². The minimum absolute atomic E-state index is 0.262. The van der Waals surface area contributed by atoms with Crippen LogP contribution in [-0.2, 0) is 4.79 Å². The lowest BCUT2D eigenvalue weighted by Crippen LogP contribution is -2.18. The molecule has 2 nitrogen and oxygen atoms in total. The lowest BCUT2D eigenvalue weighted by molar-refractivity contribution is -0.113. The molecule has 2 atom stereocenters. The molecular formula is C10H19O2. The third-order valence-electron chi connectivity index (χ3n) is 2.06. The molecule has 0 amide bonds. The van der Waals surface area contributed by atoms with E-state index in [1.165, 1.54) is 12.8 Å². The highest BCUT2D eigenvalue weighted by atomic mass is 16.3. The predicted octanol–water partition coefficient (Wildman–Crippen LogP) is 1.97. The first kappa shape index (κ1) is 11.6. The van der Waals surface area contributed by atoms with Crippen LogP contribution in [0.2, 0.25) is 0 Å². The van der Waals surface area contributed by atoms with Gasteiger partial charge in [0.1, 0.15) is 6.29 Å². The number of aliphatic hydroxyl groups excluding tert-OH is 1. The number of aliphatic hydroxyl groups is 1. The molecule has 71 valence electrons. The Bertz CT molecular complexity index is 110. The van der Waals surface area contributed by atoms with Gasteiger partial charge in [0.2, 0.25) is 0 Å². The normalized spacial score (nSPS) is 15.6. The average Bonchev–Trinajstić information content (AvgIpc) is 2.04. The van der Waals surface area contributed by atoms with Gasteiger partial charge >= 0.3 is 0 Å². The molecule has 0 heterocycles. The number of hydrogen-bond donors (Lipinski definition) is 1. The Labute approximate surface area is 75.0 Å². The summed E-state index contributed by atoms with van der Waals surface area (Å²) in [4.78, 5) is 10.4. The van der Waals surface area contributed by atoms with Crippen molar-refractivity contribution in [1.82, 2.24) is 0 Å². The molecule has 1 radical (unpaired) electrons. The Kier molecular flexibility index (Phi) is 7.06. The van der Waals surface area contributed by atoms with Gasteiger partial charge in [0.15, 0.2) is 0 Å². The zero-order chi connectivity index (χ0) is 9.40. The Morgan fingerprint density at radius 3 is 2.50 bits per heavy atom. The number of unbranched alkanes of at least 4 members (excludes halogenated alkanes) is 3. The van der Waals surface area contributed by atoms with E-state index in [2.05, 4.69) is 13.8 Å². The van der Waals surface area contributed by atoms with E-state index in [0.29, 0.717) is 0 Å². The smallest absolute Gasteiger partial charge is 0.125 e. The fourth-order valence-electron chi connectivity index (χ4n) is 1.16. The van der Waals surface area contributed by atoms with Crippen molar-refractivity contribution < 1.29 is 9.90 Å². The summed E-state index contributed by atoms with van der Waals surface area (Å²) in [6.45, 7) is 5.58. The Balaban J connectivity index is 3.38. The molecule has 0 spiro atoms. The molecule has 0 aliphatic heterocycles. The van der Waals surface area contributed by atoms with E-state index in [1.54, 1.807) is 0 Å². The Morgan fingerprint density at radius 1 is 1.42 bits per heavy atom. The van der Waals surface area contributed by atoms with Gasteiger partial charge in [-0.15, -0.1) is 0 Å². The van der Waals surface area contributed by atoms with Crippen molar-refractivity contribution in [3.8, 4) is 0 Å². The number of carbonyl (C=O) groups is 1. The van der Waals surface area contributed by atoms with Crippen LogP contribution in [0.25, 0.3) is 0 Å². The minimum atomic E-state index is -0.732. The maximum absolute atomic E-state index is 10.4. The first-order valence-corrected chi connectivity index (χ1v) is 4.68. The molecular weight excluding hydrogens is 152 g/mol. The highest BCUT2D eigenvalue weighted by Gasteiger charge is 2.12. The van der Waals surface area contributed by atoms with Crippen molar-refractivity contribution in [3.63, 3.8) is 0 Å². The Hall–Kier alpha value is -0.370. The molecule has 2 unspecified atom stereocenters. The number of carbonyl (C=O) groups excluding carboxylic acids is 1. The van der Waals surface area contributed by atoms with Crippen LogP contribution in [0.4, 0.5) is 0 Å². The van der Waals surface area contributed by atoms with Gasteiger partial charge in [0, 0.05) is 5.92 Å². The molecule has 0 saturated heterocycles. The van der Waals surface area contributed by atoms with E-state index in [-0.39, 0.29) is 5.92 Å². The standard InChI is InChI=1S/C10H19O2/c1-3-4-5-6-7-10(8-11)9(2)12/h8-10,12H,2-7H2,1H3. The molecule has 12 heavy (non-hydrogen) atoms. The molecule has 0 aliphatic rings. The molecule has 2 heteroatoms. The van der Waals surface area contributed by atoms with E-state index in [1.807, 2.05) is 0 Å². The van der Waals surface area contributed by atoms with Crippen LogP contribution in [0, 0.1) is 12.8 Å². The molecule has 0 aromatic rings. The SMILES string of the molecule is [CH2]C(O)C(C=O)CCCCCC. The van der Waals surface area contributed by atoms with Gasteiger partial charge in [0.05, 0.1) is 6.10 Å². The Morgan fingerprint density at radius 2 is 2.08 bits per heavy atom. The average molecular weight is 171 g/mol. The molecule has 1 N–H and O–H groups in total. The number of aldehydes is 1. The zero-order valence-electron chi connectivity index (χ0n) is 7.83. The molecule has 0 fully saturated rings. The summed E-state index contributed by atoms with van der Waals surface area (Å²) < 4.78 is 0. The zero-order valence-corrected chi connectivity index (χ0v) is 7.83. The number of hydrogen-bond acceptors (Lipinski definition) is 2. The molecule has 0 aliphatic carbocycles. The van der Waals surface area contributed by atoms with Crippen molar-refractivity contribution in [2.45, 2.75) is 45.1 Å². The van der Waals surface area contributed by atoms with Crippen LogP contribution in [0.15, 0.2) is 0 Å². The fraction of sp³-hybridized carbons (Fsp3) is 0.800. The van der Waals surface area contributed by atoms with Crippen LogP contribution in [0.3, 0.4) is 0 Å². The van der Waals surface area contributed by atoms with E-state index < -0.39 is 6.10 Å².